The molecular formula is C14H26N2O2. The molecule has 2 rings (SSSR count). The highest BCUT2D eigenvalue weighted by molar-refractivity contribution is 5.82. The maximum Gasteiger partial charge on any atom is 0.240 e. The minimum Gasteiger partial charge on any atom is -0.381 e. The maximum absolute atomic E-state index is 12.5. The van der Waals surface area contributed by atoms with Crippen LogP contribution in [0.3, 0.4) is 0 Å². The van der Waals surface area contributed by atoms with Crippen LogP contribution in [-0.4, -0.2) is 42.6 Å². The molecule has 104 valence electrons. The quantitative estimate of drug-likeness (QED) is 0.779. The van der Waals surface area contributed by atoms with Crippen molar-refractivity contribution in [1.29, 1.82) is 0 Å². The fraction of sp³-hybridized carbons (Fsp3) is 0.929. The van der Waals surface area contributed by atoms with Crippen LogP contribution in [0, 0.1) is 11.8 Å². The van der Waals surface area contributed by atoms with E-state index in [0.717, 1.165) is 45.4 Å². The molecule has 3 atom stereocenters. The summed E-state index contributed by atoms with van der Waals surface area (Å²) in [5, 5.41) is 0. The molecule has 1 aliphatic heterocycles. The fourth-order valence-electron chi connectivity index (χ4n) is 2.50. The van der Waals surface area contributed by atoms with Crippen molar-refractivity contribution in [3.63, 3.8) is 0 Å². The summed E-state index contributed by atoms with van der Waals surface area (Å²) in [6.07, 6.45) is 4.33. The topological polar surface area (TPSA) is 55.6 Å². The summed E-state index contributed by atoms with van der Waals surface area (Å²) in [5.74, 6) is 0.927. The molecule has 1 saturated heterocycles. The number of nitrogens with two attached hydrogens (primary N) is 1. The average Bonchev–Trinajstić information content (AvgIpc) is 3.10. The van der Waals surface area contributed by atoms with Crippen molar-refractivity contribution >= 4 is 5.91 Å². The van der Waals surface area contributed by atoms with Gasteiger partial charge in [-0.15, -0.1) is 0 Å². The first-order valence-corrected chi connectivity index (χ1v) is 7.27. The van der Waals surface area contributed by atoms with Gasteiger partial charge in [-0.2, -0.15) is 0 Å². The van der Waals surface area contributed by atoms with Crippen molar-refractivity contribution in [2.45, 2.75) is 51.6 Å². The van der Waals surface area contributed by atoms with Gasteiger partial charge in [0.1, 0.15) is 0 Å². The lowest BCUT2D eigenvalue weighted by atomic mass is 9.98. The summed E-state index contributed by atoms with van der Waals surface area (Å²) in [7, 11) is 0. The molecule has 0 radical (unpaired) electrons. The van der Waals surface area contributed by atoms with Crippen molar-refractivity contribution in [3.05, 3.63) is 0 Å². The Balaban J connectivity index is 1.93. The molecule has 18 heavy (non-hydrogen) atoms. The van der Waals surface area contributed by atoms with E-state index in [1.807, 2.05) is 4.90 Å². The van der Waals surface area contributed by atoms with Crippen LogP contribution in [0.1, 0.15) is 39.5 Å². The molecule has 4 heteroatoms. The maximum atomic E-state index is 12.5. The summed E-state index contributed by atoms with van der Waals surface area (Å²) in [6, 6.07) is 0.117. The van der Waals surface area contributed by atoms with Gasteiger partial charge in [0.2, 0.25) is 5.91 Å². The molecule has 2 aliphatic rings. The molecule has 2 N–H and O–H groups in total. The van der Waals surface area contributed by atoms with Crippen molar-refractivity contribution in [2.24, 2.45) is 17.6 Å². The van der Waals surface area contributed by atoms with Gasteiger partial charge in [0.15, 0.2) is 0 Å². The largest absolute Gasteiger partial charge is 0.381 e. The van der Waals surface area contributed by atoms with E-state index in [1.54, 1.807) is 0 Å². The van der Waals surface area contributed by atoms with E-state index in [4.69, 9.17) is 10.5 Å². The number of nitrogens with zero attached hydrogens (tertiary/aromatic N) is 1. The Morgan fingerprint density at radius 1 is 1.44 bits per heavy atom. The van der Waals surface area contributed by atoms with E-state index in [0.29, 0.717) is 12.0 Å². The van der Waals surface area contributed by atoms with Crippen molar-refractivity contribution in [1.82, 2.24) is 4.90 Å². The number of rotatable bonds is 6. The first kappa shape index (κ1) is 13.8. The predicted octanol–water partition coefficient (Wildman–Crippen LogP) is 1.39. The molecule has 4 nitrogen and oxygen atoms in total. The molecule has 1 saturated carbocycles. The van der Waals surface area contributed by atoms with Crippen LogP contribution in [0.25, 0.3) is 0 Å². The van der Waals surface area contributed by atoms with Crippen LogP contribution in [-0.2, 0) is 9.53 Å². The van der Waals surface area contributed by atoms with Gasteiger partial charge in [0.25, 0.3) is 0 Å². The molecular weight excluding hydrogens is 228 g/mol. The lowest BCUT2D eigenvalue weighted by Gasteiger charge is -2.29. The molecule has 1 aliphatic carbocycles. The van der Waals surface area contributed by atoms with E-state index in [-0.39, 0.29) is 17.9 Å². The van der Waals surface area contributed by atoms with Crippen molar-refractivity contribution in [2.75, 3.05) is 19.8 Å². The average molecular weight is 254 g/mol. The van der Waals surface area contributed by atoms with Gasteiger partial charge in [-0.3, -0.25) is 4.79 Å². The van der Waals surface area contributed by atoms with E-state index in [9.17, 15) is 4.79 Å². The Hall–Kier alpha value is -0.610. The van der Waals surface area contributed by atoms with Crippen molar-refractivity contribution < 1.29 is 9.53 Å². The Morgan fingerprint density at radius 2 is 2.17 bits per heavy atom. The van der Waals surface area contributed by atoms with E-state index < -0.39 is 0 Å². The van der Waals surface area contributed by atoms with Gasteiger partial charge < -0.3 is 15.4 Å². The van der Waals surface area contributed by atoms with Gasteiger partial charge in [0, 0.05) is 25.1 Å². The molecule has 1 heterocycles. The molecule has 0 aromatic carbocycles. The number of carbonyl (C=O) groups is 1. The number of amides is 1. The van der Waals surface area contributed by atoms with Gasteiger partial charge in [-0.05, 0) is 25.2 Å². The van der Waals surface area contributed by atoms with Crippen LogP contribution < -0.4 is 5.73 Å². The summed E-state index contributed by atoms with van der Waals surface area (Å²) in [5.41, 5.74) is 6.09. The van der Waals surface area contributed by atoms with Crippen LogP contribution >= 0.6 is 0 Å². The van der Waals surface area contributed by atoms with Gasteiger partial charge in [0.05, 0.1) is 12.6 Å². The second kappa shape index (κ2) is 6.02. The van der Waals surface area contributed by atoms with Crippen LogP contribution in [0.15, 0.2) is 0 Å². The monoisotopic (exact) mass is 254 g/mol. The number of carbonyl (C=O) groups excluding carboxylic acids is 1. The Bertz CT molecular complexity index is 286. The molecule has 2 unspecified atom stereocenters. The smallest absolute Gasteiger partial charge is 0.240 e. The lowest BCUT2D eigenvalue weighted by molar-refractivity contribution is -0.135. The summed E-state index contributed by atoms with van der Waals surface area (Å²) >= 11 is 0. The molecule has 0 bridgehead atoms. The second-order valence-corrected chi connectivity index (χ2v) is 5.86. The summed E-state index contributed by atoms with van der Waals surface area (Å²) in [6.45, 7) is 6.63. The lowest BCUT2D eigenvalue weighted by Crippen LogP contribution is -2.49. The molecule has 0 aromatic heterocycles. The Morgan fingerprint density at radius 3 is 2.67 bits per heavy atom. The Kier molecular flexibility index (Phi) is 4.62. The van der Waals surface area contributed by atoms with E-state index in [1.165, 1.54) is 0 Å². The number of ether oxygens (including phenoxy) is 1. The number of hydrogen-bond acceptors (Lipinski definition) is 3. The molecule has 0 spiro atoms. The van der Waals surface area contributed by atoms with Crippen molar-refractivity contribution in [3.8, 4) is 0 Å². The zero-order chi connectivity index (χ0) is 13.1. The Labute approximate surface area is 110 Å². The van der Waals surface area contributed by atoms with E-state index >= 15 is 0 Å². The predicted molar refractivity (Wildman–Crippen MR) is 71.1 cm³/mol. The zero-order valence-corrected chi connectivity index (χ0v) is 11.6. The SMILES string of the molecule is CCC(C)[C@H](N)C(=O)N(CC1CCOC1)C1CC1. The van der Waals surface area contributed by atoms with Crippen LogP contribution in [0.4, 0.5) is 0 Å². The third kappa shape index (κ3) is 3.23. The number of hydrogen-bond donors (Lipinski definition) is 1. The highest BCUT2D eigenvalue weighted by atomic mass is 16.5. The van der Waals surface area contributed by atoms with Gasteiger partial charge in [-0.1, -0.05) is 20.3 Å². The second-order valence-electron chi connectivity index (χ2n) is 5.86. The van der Waals surface area contributed by atoms with Gasteiger partial charge >= 0.3 is 0 Å². The highest BCUT2D eigenvalue weighted by Gasteiger charge is 2.37. The fourth-order valence-corrected chi connectivity index (χ4v) is 2.50. The van der Waals surface area contributed by atoms with Crippen LogP contribution in [0.5, 0.6) is 0 Å². The van der Waals surface area contributed by atoms with Crippen LogP contribution in [0.2, 0.25) is 0 Å². The molecule has 1 amide bonds. The summed E-state index contributed by atoms with van der Waals surface area (Å²) in [4.78, 5) is 14.5. The molecule has 2 fully saturated rings. The van der Waals surface area contributed by atoms with E-state index in [2.05, 4.69) is 13.8 Å². The minimum atomic E-state index is -0.335. The third-order valence-corrected chi connectivity index (χ3v) is 4.29. The first-order valence-electron chi connectivity index (χ1n) is 7.27. The first-order chi connectivity index (χ1) is 8.63. The molecule has 0 aromatic rings. The zero-order valence-electron chi connectivity index (χ0n) is 11.6. The minimum absolute atomic E-state index is 0.152. The highest BCUT2D eigenvalue weighted by Crippen LogP contribution is 2.30. The van der Waals surface area contributed by atoms with Gasteiger partial charge in [-0.25, -0.2) is 0 Å². The third-order valence-electron chi connectivity index (χ3n) is 4.29. The standard InChI is InChI=1S/C14H26N2O2/c1-3-10(2)13(15)14(17)16(12-4-5-12)8-11-6-7-18-9-11/h10-13H,3-9,15H2,1-2H3/t10?,11?,13-/m0/s1. The summed E-state index contributed by atoms with van der Waals surface area (Å²) < 4.78 is 5.40. The normalized spacial score (nSPS) is 26.9.